The van der Waals surface area contributed by atoms with Crippen molar-refractivity contribution in [2.24, 2.45) is 0 Å². The van der Waals surface area contributed by atoms with Crippen LogP contribution in [0.25, 0.3) is 0 Å². The maximum Gasteiger partial charge on any atom is 0.259 e. The van der Waals surface area contributed by atoms with Crippen molar-refractivity contribution in [3.8, 4) is 18.1 Å². The summed E-state index contributed by atoms with van der Waals surface area (Å²) in [6.45, 7) is 3.48. The molecule has 0 unspecified atom stereocenters. The molecule has 0 fully saturated rings. The monoisotopic (exact) mass is 217 g/mol. The molecule has 3 nitrogen and oxygen atoms in total. The van der Waals surface area contributed by atoms with Crippen molar-refractivity contribution in [1.29, 1.82) is 0 Å². The molecule has 16 heavy (non-hydrogen) atoms. The van der Waals surface area contributed by atoms with Gasteiger partial charge in [-0.3, -0.25) is 4.79 Å². The quantitative estimate of drug-likeness (QED) is 0.778. The van der Waals surface area contributed by atoms with Crippen LogP contribution in [-0.4, -0.2) is 18.1 Å². The van der Waals surface area contributed by atoms with Crippen LogP contribution in [-0.2, 0) is 4.79 Å². The Balaban J connectivity index is 2.40. The lowest BCUT2D eigenvalue weighted by Crippen LogP contribution is -2.44. The molecule has 0 heterocycles. The predicted octanol–water partition coefficient (Wildman–Crippen LogP) is 1.59. The third kappa shape index (κ3) is 4.05. The Kier molecular flexibility index (Phi) is 3.96. The van der Waals surface area contributed by atoms with Crippen LogP contribution >= 0.6 is 0 Å². The maximum atomic E-state index is 11.5. The van der Waals surface area contributed by atoms with Gasteiger partial charge in [-0.25, -0.2) is 0 Å². The van der Waals surface area contributed by atoms with Gasteiger partial charge < -0.3 is 10.1 Å². The predicted molar refractivity (Wildman–Crippen MR) is 63.0 cm³/mol. The highest BCUT2D eigenvalue weighted by molar-refractivity contribution is 5.78. The highest BCUT2D eigenvalue weighted by Gasteiger charge is 2.16. The van der Waals surface area contributed by atoms with Crippen LogP contribution in [0.4, 0.5) is 0 Å². The average molecular weight is 217 g/mol. The van der Waals surface area contributed by atoms with Crippen molar-refractivity contribution in [2.75, 3.05) is 6.61 Å². The fourth-order valence-electron chi connectivity index (χ4n) is 1.09. The number of para-hydroxylation sites is 1. The second-order valence-corrected chi connectivity index (χ2v) is 3.92. The van der Waals surface area contributed by atoms with E-state index in [1.54, 1.807) is 26.0 Å². The Bertz CT molecular complexity index is 390. The third-order valence-electron chi connectivity index (χ3n) is 1.93. The minimum Gasteiger partial charge on any atom is -0.484 e. The summed E-state index contributed by atoms with van der Waals surface area (Å²) in [4.78, 5) is 11.5. The number of hydrogen-bond donors (Lipinski definition) is 1. The van der Waals surface area contributed by atoms with Gasteiger partial charge >= 0.3 is 0 Å². The van der Waals surface area contributed by atoms with Crippen molar-refractivity contribution in [3.05, 3.63) is 30.3 Å². The van der Waals surface area contributed by atoms with E-state index in [2.05, 4.69) is 11.2 Å². The summed E-state index contributed by atoms with van der Waals surface area (Å²) >= 11 is 0. The van der Waals surface area contributed by atoms with Crippen molar-refractivity contribution >= 4 is 5.91 Å². The molecule has 0 saturated carbocycles. The number of terminal acetylenes is 1. The molecule has 0 aromatic heterocycles. The van der Waals surface area contributed by atoms with Gasteiger partial charge in [-0.05, 0) is 26.0 Å². The van der Waals surface area contributed by atoms with Crippen molar-refractivity contribution in [1.82, 2.24) is 5.32 Å². The molecule has 0 bridgehead atoms. The Morgan fingerprint density at radius 2 is 2.06 bits per heavy atom. The second-order valence-electron chi connectivity index (χ2n) is 3.92. The van der Waals surface area contributed by atoms with Gasteiger partial charge in [0.25, 0.3) is 5.91 Å². The number of hydrogen-bond acceptors (Lipinski definition) is 2. The highest BCUT2D eigenvalue weighted by atomic mass is 16.5. The lowest BCUT2D eigenvalue weighted by atomic mass is 10.1. The summed E-state index contributed by atoms with van der Waals surface area (Å²) < 4.78 is 5.28. The van der Waals surface area contributed by atoms with E-state index in [0.717, 1.165) is 0 Å². The summed E-state index contributed by atoms with van der Waals surface area (Å²) in [6.07, 6.45) is 5.26. The lowest BCUT2D eigenvalue weighted by molar-refractivity contribution is -0.124. The van der Waals surface area contributed by atoms with Gasteiger partial charge in [0.1, 0.15) is 5.75 Å². The number of ether oxygens (including phenoxy) is 1. The standard InChI is InChI=1S/C13H15NO2/c1-4-13(2,3)14-12(15)10-16-11-8-6-5-7-9-11/h1,5-9H,10H2,2-3H3,(H,14,15). The summed E-state index contributed by atoms with van der Waals surface area (Å²) in [5.41, 5.74) is -0.642. The molecule has 1 N–H and O–H groups in total. The summed E-state index contributed by atoms with van der Waals surface area (Å²) in [6, 6.07) is 9.16. The van der Waals surface area contributed by atoms with Crippen LogP contribution in [0.15, 0.2) is 30.3 Å². The summed E-state index contributed by atoms with van der Waals surface area (Å²) in [5.74, 6) is 2.92. The number of carbonyl (C=O) groups excluding carboxylic acids is 1. The number of benzene rings is 1. The van der Waals surface area contributed by atoms with Crippen molar-refractivity contribution < 1.29 is 9.53 Å². The minimum absolute atomic E-state index is 0.0326. The Labute approximate surface area is 95.8 Å². The topological polar surface area (TPSA) is 38.3 Å². The van der Waals surface area contributed by atoms with Gasteiger partial charge in [-0.2, -0.15) is 0 Å². The van der Waals surface area contributed by atoms with Gasteiger partial charge in [-0.15, -0.1) is 6.42 Å². The number of amides is 1. The van der Waals surface area contributed by atoms with E-state index in [1.165, 1.54) is 0 Å². The first kappa shape index (κ1) is 12.1. The lowest BCUT2D eigenvalue weighted by Gasteiger charge is -2.19. The van der Waals surface area contributed by atoms with Gasteiger partial charge in [-0.1, -0.05) is 24.1 Å². The van der Waals surface area contributed by atoms with Crippen LogP contribution < -0.4 is 10.1 Å². The van der Waals surface area contributed by atoms with E-state index >= 15 is 0 Å². The molecule has 0 radical (unpaired) electrons. The van der Waals surface area contributed by atoms with Gasteiger partial charge in [0, 0.05) is 0 Å². The average Bonchev–Trinajstić information content (AvgIpc) is 2.27. The smallest absolute Gasteiger partial charge is 0.259 e. The molecule has 0 atom stereocenters. The molecule has 0 aliphatic carbocycles. The van der Waals surface area contributed by atoms with E-state index in [4.69, 9.17) is 11.2 Å². The van der Waals surface area contributed by atoms with Crippen molar-refractivity contribution in [3.63, 3.8) is 0 Å². The maximum absolute atomic E-state index is 11.5. The minimum atomic E-state index is -0.642. The summed E-state index contributed by atoms with van der Waals surface area (Å²) in [7, 11) is 0. The Hall–Kier alpha value is -1.95. The molecule has 1 aromatic rings. The fourth-order valence-corrected chi connectivity index (χ4v) is 1.09. The van der Waals surface area contributed by atoms with E-state index in [0.29, 0.717) is 5.75 Å². The number of rotatable bonds is 4. The molecule has 0 spiro atoms. The van der Waals surface area contributed by atoms with Gasteiger partial charge in [0.2, 0.25) is 0 Å². The Morgan fingerprint density at radius 3 is 2.62 bits per heavy atom. The van der Waals surface area contributed by atoms with E-state index in [1.807, 2.05) is 18.2 Å². The summed E-state index contributed by atoms with van der Waals surface area (Å²) in [5, 5.41) is 2.68. The largest absolute Gasteiger partial charge is 0.484 e. The molecule has 1 aromatic carbocycles. The molecule has 1 rings (SSSR count). The molecule has 0 aliphatic rings. The zero-order chi connectivity index (χ0) is 12.0. The van der Waals surface area contributed by atoms with Crippen LogP contribution in [0.2, 0.25) is 0 Å². The second kappa shape index (κ2) is 5.22. The molecule has 0 aliphatic heterocycles. The molecular weight excluding hydrogens is 202 g/mol. The third-order valence-corrected chi connectivity index (χ3v) is 1.93. The van der Waals surface area contributed by atoms with Crippen LogP contribution in [0.3, 0.4) is 0 Å². The van der Waals surface area contributed by atoms with Crippen LogP contribution in [0, 0.1) is 12.3 Å². The zero-order valence-electron chi connectivity index (χ0n) is 9.49. The van der Waals surface area contributed by atoms with E-state index in [-0.39, 0.29) is 12.5 Å². The first-order chi connectivity index (χ1) is 7.53. The number of carbonyl (C=O) groups is 1. The van der Waals surface area contributed by atoms with Gasteiger partial charge in [0.15, 0.2) is 6.61 Å². The van der Waals surface area contributed by atoms with Crippen LogP contribution in [0.1, 0.15) is 13.8 Å². The SMILES string of the molecule is C#CC(C)(C)NC(=O)COc1ccccc1. The number of nitrogens with one attached hydrogen (secondary N) is 1. The van der Waals surface area contributed by atoms with E-state index < -0.39 is 5.54 Å². The highest BCUT2D eigenvalue weighted by Crippen LogP contribution is 2.08. The zero-order valence-corrected chi connectivity index (χ0v) is 9.49. The molecule has 1 amide bonds. The fraction of sp³-hybridized carbons (Fsp3) is 0.308. The van der Waals surface area contributed by atoms with Crippen LogP contribution in [0.5, 0.6) is 5.75 Å². The molecule has 0 saturated heterocycles. The molecule has 3 heteroatoms. The van der Waals surface area contributed by atoms with Crippen molar-refractivity contribution in [2.45, 2.75) is 19.4 Å². The molecule has 84 valence electrons. The molecular formula is C13H15NO2. The normalized spacial score (nSPS) is 10.3. The van der Waals surface area contributed by atoms with Gasteiger partial charge in [0.05, 0.1) is 5.54 Å². The first-order valence-electron chi connectivity index (χ1n) is 5.00. The first-order valence-corrected chi connectivity index (χ1v) is 5.00. The Morgan fingerprint density at radius 1 is 1.44 bits per heavy atom. The van der Waals surface area contributed by atoms with E-state index in [9.17, 15) is 4.79 Å².